The van der Waals surface area contributed by atoms with Gasteiger partial charge in [-0.1, -0.05) is 18.2 Å². The van der Waals surface area contributed by atoms with Crippen molar-refractivity contribution in [2.24, 2.45) is 0 Å². The van der Waals surface area contributed by atoms with Crippen LogP contribution in [0.4, 0.5) is 0 Å². The van der Waals surface area contributed by atoms with E-state index in [0.717, 1.165) is 0 Å². The Bertz CT molecular complexity index is 939. The number of benzene rings is 1. The second-order valence-electron chi connectivity index (χ2n) is 6.51. The summed E-state index contributed by atoms with van der Waals surface area (Å²) in [6.07, 6.45) is 4.59. The highest BCUT2D eigenvalue weighted by atomic mass is 16.3. The molecule has 2 amide bonds. The average molecular weight is 365 g/mol. The molecule has 0 radical (unpaired) electrons. The zero-order valence-electron chi connectivity index (χ0n) is 14.5. The predicted molar refractivity (Wildman–Crippen MR) is 97.2 cm³/mol. The monoisotopic (exact) mass is 365 g/mol. The van der Waals surface area contributed by atoms with Gasteiger partial charge in [0, 0.05) is 37.2 Å². The first-order valence-corrected chi connectivity index (χ1v) is 8.75. The van der Waals surface area contributed by atoms with Gasteiger partial charge < -0.3 is 15.3 Å². The highest BCUT2D eigenvalue weighted by molar-refractivity contribution is 5.94. The third kappa shape index (κ3) is 3.52. The summed E-state index contributed by atoms with van der Waals surface area (Å²) < 4.78 is 1.66. The molecule has 8 heteroatoms. The quantitative estimate of drug-likeness (QED) is 0.713. The van der Waals surface area contributed by atoms with Crippen molar-refractivity contribution in [3.05, 3.63) is 66.2 Å². The Morgan fingerprint density at radius 2 is 2.00 bits per heavy atom. The maximum absolute atomic E-state index is 12.5. The Labute approximate surface area is 155 Å². The van der Waals surface area contributed by atoms with Gasteiger partial charge in [-0.15, -0.1) is 0 Å². The van der Waals surface area contributed by atoms with E-state index in [-0.39, 0.29) is 24.1 Å². The Kier molecular flexibility index (Phi) is 4.55. The maximum Gasteiger partial charge on any atom is 0.271 e. The van der Waals surface area contributed by atoms with Crippen molar-refractivity contribution >= 4 is 17.6 Å². The number of fused-ring (bicyclic) bond motifs is 1. The number of rotatable bonds is 3. The number of β-amino-alcohol motifs (C(OH)–C–C–N with tert-alkyl or cyclic N) is 1. The molecule has 4 rings (SSSR count). The van der Waals surface area contributed by atoms with Gasteiger partial charge in [0.15, 0.2) is 0 Å². The lowest BCUT2D eigenvalue weighted by atomic mass is 10.0. The molecule has 1 aliphatic rings. The summed E-state index contributed by atoms with van der Waals surface area (Å²) in [5.41, 5.74) is 0.827. The van der Waals surface area contributed by atoms with Crippen molar-refractivity contribution in [3.63, 3.8) is 0 Å². The number of hydrogen-bond acceptors (Lipinski definition) is 5. The van der Waals surface area contributed by atoms with Crippen LogP contribution >= 0.6 is 0 Å². The first-order chi connectivity index (χ1) is 13.1. The minimum Gasteiger partial charge on any atom is -0.389 e. The molecule has 1 saturated heterocycles. The lowest BCUT2D eigenvalue weighted by Gasteiger charge is -2.36. The van der Waals surface area contributed by atoms with Gasteiger partial charge in [0.2, 0.25) is 5.78 Å². The Morgan fingerprint density at radius 3 is 2.74 bits per heavy atom. The zero-order chi connectivity index (χ0) is 18.8. The zero-order valence-corrected chi connectivity index (χ0v) is 14.5. The summed E-state index contributed by atoms with van der Waals surface area (Å²) >= 11 is 0. The highest BCUT2D eigenvalue weighted by Crippen LogP contribution is 2.15. The van der Waals surface area contributed by atoms with Crippen molar-refractivity contribution in [1.82, 2.24) is 24.6 Å². The summed E-state index contributed by atoms with van der Waals surface area (Å²) in [4.78, 5) is 34.8. The predicted octanol–water partition coefficient (Wildman–Crippen LogP) is 0.735. The molecule has 138 valence electrons. The summed E-state index contributed by atoms with van der Waals surface area (Å²) in [5.74, 6) is -0.0512. The summed E-state index contributed by atoms with van der Waals surface area (Å²) in [6, 6.07) is 10.3. The average Bonchev–Trinajstić information content (AvgIpc) is 3.14. The van der Waals surface area contributed by atoms with E-state index in [2.05, 4.69) is 15.3 Å². The van der Waals surface area contributed by atoms with Crippen molar-refractivity contribution in [1.29, 1.82) is 0 Å². The largest absolute Gasteiger partial charge is 0.389 e. The van der Waals surface area contributed by atoms with E-state index in [1.54, 1.807) is 58.2 Å². The third-order valence-electron chi connectivity index (χ3n) is 4.67. The SMILES string of the molecule is O=C(N[C@@H]1CCN(C(=O)c2ccccc2)C[C@H]1O)c1cn2cccnc2n1. The third-order valence-corrected chi connectivity index (χ3v) is 4.67. The molecule has 0 aliphatic carbocycles. The number of carbonyl (C=O) groups is 2. The van der Waals surface area contributed by atoms with Crippen LogP contribution in [0.15, 0.2) is 55.0 Å². The molecule has 2 aromatic heterocycles. The fourth-order valence-corrected chi connectivity index (χ4v) is 3.23. The van der Waals surface area contributed by atoms with E-state index in [0.29, 0.717) is 24.3 Å². The van der Waals surface area contributed by atoms with Crippen LogP contribution in [0.5, 0.6) is 0 Å². The normalized spacial score (nSPS) is 19.8. The van der Waals surface area contributed by atoms with E-state index in [9.17, 15) is 14.7 Å². The van der Waals surface area contributed by atoms with Crippen LogP contribution < -0.4 is 5.32 Å². The van der Waals surface area contributed by atoms with Crippen molar-refractivity contribution < 1.29 is 14.7 Å². The highest BCUT2D eigenvalue weighted by Gasteiger charge is 2.32. The lowest BCUT2D eigenvalue weighted by molar-refractivity contribution is 0.0314. The topological polar surface area (TPSA) is 99.8 Å². The molecule has 0 unspecified atom stereocenters. The summed E-state index contributed by atoms with van der Waals surface area (Å²) in [6.45, 7) is 0.633. The van der Waals surface area contributed by atoms with Gasteiger partial charge in [0.05, 0.1) is 12.1 Å². The van der Waals surface area contributed by atoms with E-state index in [1.165, 1.54) is 0 Å². The van der Waals surface area contributed by atoms with Gasteiger partial charge in [0.25, 0.3) is 11.8 Å². The van der Waals surface area contributed by atoms with Crippen LogP contribution in [-0.4, -0.2) is 61.4 Å². The van der Waals surface area contributed by atoms with Gasteiger partial charge >= 0.3 is 0 Å². The Balaban J connectivity index is 1.40. The van der Waals surface area contributed by atoms with Crippen LogP contribution in [0.1, 0.15) is 27.3 Å². The van der Waals surface area contributed by atoms with Gasteiger partial charge in [0.1, 0.15) is 5.69 Å². The van der Waals surface area contributed by atoms with Crippen LogP contribution in [-0.2, 0) is 0 Å². The number of imidazole rings is 1. The number of aliphatic hydroxyl groups is 1. The fraction of sp³-hybridized carbons (Fsp3) is 0.263. The molecule has 0 saturated carbocycles. The molecule has 3 aromatic rings. The number of aliphatic hydroxyl groups excluding tert-OH is 1. The number of nitrogens with zero attached hydrogens (tertiary/aromatic N) is 4. The standard InChI is InChI=1S/C19H19N5O3/c25-16-12-23(18(27)13-5-2-1-3-6-13)10-7-14(16)21-17(26)15-11-24-9-4-8-20-19(24)22-15/h1-6,8-9,11,14,16,25H,7,10,12H2,(H,21,26)/t14-,16-/m1/s1. The van der Waals surface area contributed by atoms with E-state index >= 15 is 0 Å². The van der Waals surface area contributed by atoms with Crippen LogP contribution in [0.2, 0.25) is 0 Å². The van der Waals surface area contributed by atoms with E-state index < -0.39 is 12.1 Å². The van der Waals surface area contributed by atoms with E-state index in [4.69, 9.17) is 0 Å². The fourth-order valence-electron chi connectivity index (χ4n) is 3.23. The molecule has 0 spiro atoms. The Morgan fingerprint density at radius 1 is 1.19 bits per heavy atom. The molecule has 8 nitrogen and oxygen atoms in total. The van der Waals surface area contributed by atoms with Gasteiger partial charge in [-0.2, -0.15) is 0 Å². The molecule has 2 atom stereocenters. The summed E-state index contributed by atoms with van der Waals surface area (Å²) in [7, 11) is 0. The molecule has 2 N–H and O–H groups in total. The van der Waals surface area contributed by atoms with Crippen LogP contribution in [0, 0.1) is 0 Å². The molecule has 0 bridgehead atoms. The summed E-state index contributed by atoms with van der Waals surface area (Å²) in [5, 5.41) is 13.2. The number of amides is 2. The van der Waals surface area contributed by atoms with Gasteiger partial charge in [-0.3, -0.25) is 14.0 Å². The number of aromatic nitrogens is 3. The molecule has 1 aromatic carbocycles. The van der Waals surface area contributed by atoms with Crippen LogP contribution in [0.3, 0.4) is 0 Å². The number of likely N-dealkylation sites (tertiary alicyclic amines) is 1. The number of nitrogens with one attached hydrogen (secondary N) is 1. The maximum atomic E-state index is 12.5. The number of piperidine rings is 1. The molecule has 3 heterocycles. The minimum atomic E-state index is -0.842. The number of hydrogen-bond donors (Lipinski definition) is 2. The van der Waals surface area contributed by atoms with Crippen molar-refractivity contribution in [3.8, 4) is 0 Å². The van der Waals surface area contributed by atoms with E-state index in [1.807, 2.05) is 6.07 Å². The first kappa shape index (κ1) is 17.2. The molecule has 1 aliphatic heterocycles. The number of carbonyl (C=O) groups excluding carboxylic acids is 2. The van der Waals surface area contributed by atoms with Gasteiger partial charge in [-0.25, -0.2) is 9.97 Å². The molecule has 1 fully saturated rings. The Hall–Kier alpha value is -3.26. The van der Waals surface area contributed by atoms with Crippen molar-refractivity contribution in [2.75, 3.05) is 13.1 Å². The molecular formula is C19H19N5O3. The first-order valence-electron chi connectivity index (χ1n) is 8.75. The smallest absolute Gasteiger partial charge is 0.271 e. The second-order valence-corrected chi connectivity index (χ2v) is 6.51. The molecular weight excluding hydrogens is 346 g/mol. The second kappa shape index (κ2) is 7.16. The molecule has 27 heavy (non-hydrogen) atoms. The lowest BCUT2D eigenvalue weighted by Crippen LogP contribution is -2.55. The van der Waals surface area contributed by atoms with Crippen LogP contribution in [0.25, 0.3) is 5.78 Å². The van der Waals surface area contributed by atoms with Crippen molar-refractivity contribution in [2.45, 2.75) is 18.6 Å². The van der Waals surface area contributed by atoms with Gasteiger partial charge in [-0.05, 0) is 24.6 Å². The minimum absolute atomic E-state index is 0.120.